The molecule has 0 radical (unpaired) electrons. The van der Waals surface area contributed by atoms with Gasteiger partial charge in [0.25, 0.3) is 5.56 Å². The van der Waals surface area contributed by atoms with Gasteiger partial charge in [-0.15, -0.1) is 11.8 Å². The van der Waals surface area contributed by atoms with Gasteiger partial charge < -0.3 is 14.8 Å². The summed E-state index contributed by atoms with van der Waals surface area (Å²) in [7, 11) is 5.62. The molecular weight excluding hydrogens is 334 g/mol. The fourth-order valence-corrected chi connectivity index (χ4v) is 3.20. The zero-order valence-corrected chi connectivity index (χ0v) is 15.0. The second-order valence-electron chi connectivity index (χ2n) is 5.51. The number of aryl methyl sites for hydroxylation is 1. The van der Waals surface area contributed by atoms with Crippen molar-refractivity contribution in [1.29, 1.82) is 0 Å². The summed E-state index contributed by atoms with van der Waals surface area (Å²) < 4.78 is 1.56. The largest absolute Gasteiger partial charge is 0.354 e. The van der Waals surface area contributed by atoms with E-state index >= 15 is 0 Å². The quantitative estimate of drug-likeness (QED) is 0.807. The third-order valence-corrected chi connectivity index (χ3v) is 4.70. The van der Waals surface area contributed by atoms with Crippen molar-refractivity contribution in [3.63, 3.8) is 0 Å². The van der Waals surface area contributed by atoms with Crippen molar-refractivity contribution < 1.29 is 4.79 Å². The van der Waals surface area contributed by atoms with Crippen LogP contribution in [-0.4, -0.2) is 48.3 Å². The monoisotopic (exact) mass is 353 g/mol. The number of carbonyl (C=O) groups excluding carboxylic acids is 1. The highest BCUT2D eigenvalue weighted by molar-refractivity contribution is 8.00. The Morgan fingerprint density at radius 3 is 2.78 bits per heavy atom. The van der Waals surface area contributed by atoms with Crippen molar-refractivity contribution in [3.8, 4) is 0 Å². The van der Waals surface area contributed by atoms with Gasteiger partial charge in [-0.1, -0.05) is 17.7 Å². The fraction of sp³-hybridized carbons (Fsp3) is 0.375. The average Bonchev–Trinajstić information content (AvgIpc) is 2.49. The van der Waals surface area contributed by atoms with Gasteiger partial charge in [0.15, 0.2) is 0 Å². The molecule has 1 N–H and O–H groups in total. The predicted molar refractivity (Wildman–Crippen MR) is 96.5 cm³/mol. The molecule has 7 heteroatoms. The zero-order valence-electron chi connectivity index (χ0n) is 13.4. The van der Waals surface area contributed by atoms with Crippen molar-refractivity contribution in [2.75, 3.05) is 32.9 Å². The van der Waals surface area contributed by atoms with Crippen molar-refractivity contribution >= 4 is 40.2 Å². The Morgan fingerprint density at radius 1 is 1.35 bits per heavy atom. The normalized spacial score (nSPS) is 11.2. The number of aromatic nitrogens is 1. The highest BCUT2D eigenvalue weighted by Gasteiger charge is 2.10. The first-order valence-electron chi connectivity index (χ1n) is 7.22. The van der Waals surface area contributed by atoms with Crippen LogP contribution in [0, 0.1) is 0 Å². The van der Waals surface area contributed by atoms with Gasteiger partial charge in [-0.25, -0.2) is 0 Å². The van der Waals surface area contributed by atoms with E-state index in [1.54, 1.807) is 29.8 Å². The highest BCUT2D eigenvalue weighted by atomic mass is 35.5. The second-order valence-corrected chi connectivity index (χ2v) is 6.96. The third-order valence-electron chi connectivity index (χ3n) is 3.41. The molecule has 124 valence electrons. The number of benzene rings is 1. The number of amides is 1. The molecule has 0 unspecified atom stereocenters. The lowest BCUT2D eigenvalue weighted by Crippen LogP contribution is -2.32. The molecule has 1 aromatic heterocycles. The molecule has 2 rings (SSSR count). The molecule has 0 bridgehead atoms. The molecule has 1 heterocycles. The van der Waals surface area contributed by atoms with Crippen LogP contribution in [0.5, 0.6) is 0 Å². The molecule has 0 fully saturated rings. The van der Waals surface area contributed by atoms with Gasteiger partial charge >= 0.3 is 0 Å². The summed E-state index contributed by atoms with van der Waals surface area (Å²) >= 11 is 7.38. The molecule has 0 saturated heterocycles. The molecular formula is C16H20ClN3O2S. The number of nitrogens with one attached hydrogen (secondary N) is 1. The molecule has 23 heavy (non-hydrogen) atoms. The molecule has 0 spiro atoms. The van der Waals surface area contributed by atoms with Crippen LogP contribution in [0.1, 0.15) is 0 Å². The molecule has 0 aliphatic heterocycles. The maximum atomic E-state index is 12.1. The Balaban J connectivity index is 2.13. The Morgan fingerprint density at radius 2 is 2.09 bits per heavy atom. The summed E-state index contributed by atoms with van der Waals surface area (Å²) in [6, 6.07) is 6.99. The Hall–Kier alpha value is -1.50. The predicted octanol–water partition coefficient (Wildman–Crippen LogP) is 1.96. The van der Waals surface area contributed by atoms with Gasteiger partial charge in [-0.05, 0) is 26.2 Å². The Labute approximate surface area is 144 Å². The number of hydrogen-bond acceptors (Lipinski definition) is 4. The molecule has 0 atom stereocenters. The SMILES string of the molecule is CN(C)CCNC(=O)CSc1cc(=O)n(C)c2cc(Cl)ccc12. The third kappa shape index (κ3) is 4.73. The zero-order chi connectivity index (χ0) is 17.0. The summed E-state index contributed by atoms with van der Waals surface area (Å²) in [5, 5.41) is 4.36. The van der Waals surface area contributed by atoms with Crippen LogP contribution in [0.4, 0.5) is 0 Å². The Bertz CT molecular complexity index is 774. The van der Waals surface area contributed by atoms with Gasteiger partial charge in [0.05, 0.1) is 11.3 Å². The van der Waals surface area contributed by atoms with Crippen molar-refractivity contribution in [1.82, 2.24) is 14.8 Å². The van der Waals surface area contributed by atoms with Gasteiger partial charge in [-0.2, -0.15) is 0 Å². The summed E-state index contributed by atoms with van der Waals surface area (Å²) in [5.74, 6) is 0.234. The minimum absolute atomic E-state index is 0.0420. The first-order chi connectivity index (χ1) is 10.9. The number of fused-ring (bicyclic) bond motifs is 1. The number of nitrogens with zero attached hydrogens (tertiary/aromatic N) is 2. The van der Waals surface area contributed by atoms with E-state index in [2.05, 4.69) is 5.32 Å². The maximum absolute atomic E-state index is 12.1. The minimum Gasteiger partial charge on any atom is -0.354 e. The standard InChI is InChI=1S/C16H20ClN3O2S/c1-19(2)7-6-18-15(21)10-23-14-9-16(22)20(3)13-8-11(17)4-5-12(13)14/h4-5,8-9H,6-7,10H2,1-3H3,(H,18,21). The van der Waals surface area contributed by atoms with E-state index in [4.69, 9.17) is 11.6 Å². The number of pyridine rings is 1. The highest BCUT2D eigenvalue weighted by Crippen LogP contribution is 2.27. The first kappa shape index (κ1) is 17.8. The van der Waals surface area contributed by atoms with Gasteiger partial charge in [0.2, 0.25) is 5.91 Å². The fourth-order valence-electron chi connectivity index (χ4n) is 2.13. The summed E-state index contributed by atoms with van der Waals surface area (Å²) in [6.07, 6.45) is 0. The number of halogens is 1. The molecule has 2 aromatic rings. The van der Waals surface area contributed by atoms with E-state index in [9.17, 15) is 9.59 Å². The van der Waals surface area contributed by atoms with Gasteiger partial charge in [-0.3, -0.25) is 9.59 Å². The minimum atomic E-state index is -0.115. The van der Waals surface area contributed by atoms with Crippen LogP contribution in [0.3, 0.4) is 0 Å². The van der Waals surface area contributed by atoms with Crippen LogP contribution in [0.15, 0.2) is 34.0 Å². The number of likely N-dealkylation sites (N-methyl/N-ethyl adjacent to an activating group) is 1. The number of hydrogen-bond donors (Lipinski definition) is 1. The van der Waals surface area contributed by atoms with E-state index in [1.165, 1.54) is 11.8 Å². The number of thioether (sulfide) groups is 1. The molecule has 1 amide bonds. The Kier molecular flexibility index (Phi) is 6.10. The lowest BCUT2D eigenvalue weighted by molar-refractivity contribution is -0.118. The van der Waals surface area contributed by atoms with E-state index in [0.29, 0.717) is 11.6 Å². The van der Waals surface area contributed by atoms with Crippen LogP contribution in [0.25, 0.3) is 10.9 Å². The molecule has 1 aromatic carbocycles. The molecule has 0 aliphatic rings. The van der Waals surface area contributed by atoms with Gasteiger partial charge in [0.1, 0.15) is 0 Å². The van der Waals surface area contributed by atoms with Crippen LogP contribution < -0.4 is 10.9 Å². The van der Waals surface area contributed by atoms with E-state index in [-0.39, 0.29) is 17.2 Å². The smallest absolute Gasteiger partial charge is 0.251 e. The first-order valence-corrected chi connectivity index (χ1v) is 8.58. The van der Waals surface area contributed by atoms with E-state index in [1.807, 2.05) is 25.1 Å². The van der Waals surface area contributed by atoms with Crippen LogP contribution in [0.2, 0.25) is 5.02 Å². The topological polar surface area (TPSA) is 54.3 Å². The van der Waals surface area contributed by atoms with Crippen molar-refractivity contribution in [2.45, 2.75) is 4.90 Å². The second kappa shape index (κ2) is 7.86. The number of rotatable bonds is 6. The summed E-state index contributed by atoms with van der Waals surface area (Å²) in [4.78, 5) is 26.7. The van der Waals surface area contributed by atoms with Crippen molar-refractivity contribution in [3.05, 3.63) is 39.6 Å². The van der Waals surface area contributed by atoms with E-state index < -0.39 is 0 Å². The van der Waals surface area contributed by atoms with Crippen molar-refractivity contribution in [2.24, 2.45) is 7.05 Å². The lowest BCUT2D eigenvalue weighted by Gasteiger charge is -2.12. The maximum Gasteiger partial charge on any atom is 0.251 e. The molecule has 5 nitrogen and oxygen atoms in total. The van der Waals surface area contributed by atoms with Crippen LogP contribution >= 0.6 is 23.4 Å². The van der Waals surface area contributed by atoms with E-state index in [0.717, 1.165) is 22.3 Å². The summed E-state index contributed by atoms with van der Waals surface area (Å²) in [5.41, 5.74) is 0.649. The summed E-state index contributed by atoms with van der Waals surface area (Å²) in [6.45, 7) is 1.41. The van der Waals surface area contributed by atoms with Gasteiger partial charge in [0, 0.05) is 41.5 Å². The molecule has 0 saturated carbocycles. The average molecular weight is 354 g/mol. The molecule has 0 aliphatic carbocycles. The van der Waals surface area contributed by atoms with Crippen LogP contribution in [-0.2, 0) is 11.8 Å². The lowest BCUT2D eigenvalue weighted by atomic mass is 10.2. The number of carbonyl (C=O) groups is 1.